The molecule has 0 saturated carbocycles. The highest BCUT2D eigenvalue weighted by Crippen LogP contribution is 2.15. The summed E-state index contributed by atoms with van der Waals surface area (Å²) in [5.74, 6) is 0.234. The van der Waals surface area contributed by atoms with Crippen molar-refractivity contribution in [1.82, 2.24) is 10.3 Å². The fourth-order valence-electron chi connectivity index (χ4n) is 1.67. The van der Waals surface area contributed by atoms with E-state index in [9.17, 15) is 4.39 Å². The molecular formula is C15H17FN2O. The van der Waals surface area contributed by atoms with Gasteiger partial charge in [0, 0.05) is 23.9 Å². The van der Waals surface area contributed by atoms with E-state index < -0.39 is 0 Å². The second kappa shape index (κ2) is 6.29. The summed E-state index contributed by atoms with van der Waals surface area (Å²) in [6.45, 7) is 2.23. The molecule has 0 bridgehead atoms. The van der Waals surface area contributed by atoms with Gasteiger partial charge in [0.25, 0.3) is 0 Å². The first-order chi connectivity index (χ1) is 9.20. The third kappa shape index (κ3) is 3.51. The van der Waals surface area contributed by atoms with E-state index in [1.807, 2.05) is 13.1 Å². The van der Waals surface area contributed by atoms with Crippen LogP contribution in [0.4, 0.5) is 4.39 Å². The standard InChI is InChI=1S/C15H17FN2O/c1-11(17-2)12-7-8-15(18-9-12)19-10-13-5-3-4-6-14(13)16/h3-9,11,17H,10H2,1-2H3. The maximum Gasteiger partial charge on any atom is 0.213 e. The molecule has 19 heavy (non-hydrogen) atoms. The molecule has 2 aromatic rings. The van der Waals surface area contributed by atoms with Crippen LogP contribution in [0.1, 0.15) is 24.1 Å². The highest BCUT2D eigenvalue weighted by Gasteiger charge is 2.05. The summed E-state index contributed by atoms with van der Waals surface area (Å²) in [4.78, 5) is 4.21. The zero-order chi connectivity index (χ0) is 13.7. The lowest BCUT2D eigenvalue weighted by molar-refractivity contribution is 0.288. The van der Waals surface area contributed by atoms with Gasteiger partial charge in [-0.25, -0.2) is 9.37 Å². The zero-order valence-electron chi connectivity index (χ0n) is 11.1. The molecule has 0 radical (unpaired) electrons. The van der Waals surface area contributed by atoms with Gasteiger partial charge in [0.1, 0.15) is 12.4 Å². The molecule has 1 atom stereocenters. The van der Waals surface area contributed by atoms with Gasteiger partial charge in [-0.05, 0) is 25.6 Å². The summed E-state index contributed by atoms with van der Waals surface area (Å²) in [6.07, 6.45) is 1.76. The van der Waals surface area contributed by atoms with Crippen LogP contribution in [0.3, 0.4) is 0 Å². The second-order valence-electron chi connectivity index (χ2n) is 4.32. The van der Waals surface area contributed by atoms with Gasteiger partial charge in [0.2, 0.25) is 5.88 Å². The summed E-state index contributed by atoms with van der Waals surface area (Å²) in [5, 5.41) is 3.14. The number of hydrogen-bond acceptors (Lipinski definition) is 3. The van der Waals surface area contributed by atoms with E-state index in [1.165, 1.54) is 6.07 Å². The summed E-state index contributed by atoms with van der Waals surface area (Å²) >= 11 is 0. The molecule has 0 saturated heterocycles. The first kappa shape index (κ1) is 13.5. The van der Waals surface area contributed by atoms with Gasteiger partial charge in [-0.15, -0.1) is 0 Å². The number of benzene rings is 1. The summed E-state index contributed by atoms with van der Waals surface area (Å²) < 4.78 is 18.9. The number of halogens is 1. The molecule has 2 rings (SSSR count). The van der Waals surface area contributed by atoms with Crippen LogP contribution in [0.5, 0.6) is 5.88 Å². The third-order valence-electron chi connectivity index (χ3n) is 3.03. The van der Waals surface area contributed by atoms with Gasteiger partial charge >= 0.3 is 0 Å². The predicted octanol–water partition coefficient (Wildman–Crippen LogP) is 3.08. The number of nitrogens with one attached hydrogen (secondary N) is 1. The van der Waals surface area contributed by atoms with Crippen molar-refractivity contribution in [3.63, 3.8) is 0 Å². The number of ether oxygens (including phenoxy) is 1. The first-order valence-corrected chi connectivity index (χ1v) is 6.20. The molecule has 0 fully saturated rings. The lowest BCUT2D eigenvalue weighted by Gasteiger charge is -2.11. The van der Waals surface area contributed by atoms with E-state index in [2.05, 4.69) is 17.2 Å². The Balaban J connectivity index is 1.99. The van der Waals surface area contributed by atoms with E-state index in [0.29, 0.717) is 11.4 Å². The van der Waals surface area contributed by atoms with Gasteiger partial charge in [-0.2, -0.15) is 0 Å². The molecule has 1 aromatic carbocycles. The van der Waals surface area contributed by atoms with Gasteiger partial charge < -0.3 is 10.1 Å². The Morgan fingerprint density at radius 3 is 2.68 bits per heavy atom. The molecule has 1 aromatic heterocycles. The Morgan fingerprint density at radius 2 is 2.05 bits per heavy atom. The van der Waals surface area contributed by atoms with Crippen molar-refractivity contribution >= 4 is 0 Å². The molecule has 4 heteroatoms. The number of aromatic nitrogens is 1. The highest BCUT2D eigenvalue weighted by atomic mass is 19.1. The normalized spacial score (nSPS) is 12.2. The van der Waals surface area contributed by atoms with Crippen molar-refractivity contribution in [3.8, 4) is 5.88 Å². The Morgan fingerprint density at radius 1 is 1.26 bits per heavy atom. The van der Waals surface area contributed by atoms with Crippen LogP contribution in [-0.2, 0) is 6.61 Å². The number of pyridine rings is 1. The Kier molecular flexibility index (Phi) is 4.47. The number of nitrogens with zero attached hydrogens (tertiary/aromatic N) is 1. The van der Waals surface area contributed by atoms with Gasteiger partial charge in [0.15, 0.2) is 0 Å². The van der Waals surface area contributed by atoms with E-state index in [4.69, 9.17) is 4.74 Å². The van der Waals surface area contributed by atoms with Crippen molar-refractivity contribution in [1.29, 1.82) is 0 Å². The number of hydrogen-bond donors (Lipinski definition) is 1. The predicted molar refractivity (Wildman–Crippen MR) is 72.4 cm³/mol. The van der Waals surface area contributed by atoms with Crippen molar-refractivity contribution in [3.05, 3.63) is 59.5 Å². The number of rotatable bonds is 5. The molecule has 0 aliphatic rings. The summed E-state index contributed by atoms with van der Waals surface area (Å²) in [7, 11) is 1.90. The average molecular weight is 260 g/mol. The molecule has 0 spiro atoms. The van der Waals surface area contributed by atoms with E-state index in [0.717, 1.165) is 5.56 Å². The largest absolute Gasteiger partial charge is 0.473 e. The van der Waals surface area contributed by atoms with Crippen molar-refractivity contribution in [2.45, 2.75) is 19.6 Å². The smallest absolute Gasteiger partial charge is 0.213 e. The van der Waals surface area contributed by atoms with Gasteiger partial charge in [-0.3, -0.25) is 0 Å². The average Bonchev–Trinajstić information content (AvgIpc) is 2.46. The Bertz CT molecular complexity index is 528. The quantitative estimate of drug-likeness (QED) is 0.897. The van der Waals surface area contributed by atoms with Crippen LogP contribution in [0.15, 0.2) is 42.6 Å². The molecule has 1 unspecified atom stereocenters. The molecule has 3 nitrogen and oxygen atoms in total. The van der Waals surface area contributed by atoms with E-state index in [-0.39, 0.29) is 18.5 Å². The Hall–Kier alpha value is -1.94. The van der Waals surface area contributed by atoms with Crippen LogP contribution < -0.4 is 10.1 Å². The third-order valence-corrected chi connectivity index (χ3v) is 3.03. The van der Waals surface area contributed by atoms with Crippen LogP contribution in [0.2, 0.25) is 0 Å². The SMILES string of the molecule is CNC(C)c1ccc(OCc2ccccc2F)nc1. The molecule has 0 aliphatic heterocycles. The fraction of sp³-hybridized carbons (Fsp3) is 0.267. The van der Waals surface area contributed by atoms with E-state index in [1.54, 1.807) is 30.5 Å². The van der Waals surface area contributed by atoms with Gasteiger partial charge in [-0.1, -0.05) is 24.3 Å². The molecule has 1 heterocycles. The van der Waals surface area contributed by atoms with Crippen molar-refractivity contribution in [2.75, 3.05) is 7.05 Å². The molecule has 100 valence electrons. The molecule has 0 aliphatic carbocycles. The maximum atomic E-state index is 13.4. The van der Waals surface area contributed by atoms with Crippen molar-refractivity contribution in [2.24, 2.45) is 0 Å². The van der Waals surface area contributed by atoms with Crippen LogP contribution in [-0.4, -0.2) is 12.0 Å². The minimum atomic E-state index is -0.261. The van der Waals surface area contributed by atoms with E-state index >= 15 is 0 Å². The van der Waals surface area contributed by atoms with Crippen LogP contribution in [0, 0.1) is 5.82 Å². The lowest BCUT2D eigenvalue weighted by Crippen LogP contribution is -2.12. The van der Waals surface area contributed by atoms with Crippen LogP contribution in [0.25, 0.3) is 0 Å². The molecule has 1 N–H and O–H groups in total. The first-order valence-electron chi connectivity index (χ1n) is 6.20. The second-order valence-corrected chi connectivity index (χ2v) is 4.32. The van der Waals surface area contributed by atoms with Crippen molar-refractivity contribution < 1.29 is 9.13 Å². The summed E-state index contributed by atoms with van der Waals surface area (Å²) in [5.41, 5.74) is 1.61. The summed E-state index contributed by atoms with van der Waals surface area (Å²) in [6, 6.07) is 10.6. The molecule has 0 amide bonds. The minimum Gasteiger partial charge on any atom is -0.473 e. The lowest BCUT2D eigenvalue weighted by atomic mass is 10.1. The molecular weight excluding hydrogens is 243 g/mol. The maximum absolute atomic E-state index is 13.4. The Labute approximate surface area is 112 Å². The minimum absolute atomic E-state index is 0.181. The topological polar surface area (TPSA) is 34.1 Å². The zero-order valence-corrected chi connectivity index (χ0v) is 11.1. The highest BCUT2D eigenvalue weighted by molar-refractivity contribution is 5.21. The van der Waals surface area contributed by atoms with Crippen LogP contribution >= 0.6 is 0 Å². The monoisotopic (exact) mass is 260 g/mol. The fourth-order valence-corrected chi connectivity index (χ4v) is 1.67. The van der Waals surface area contributed by atoms with Gasteiger partial charge in [0.05, 0.1) is 0 Å².